The maximum absolute atomic E-state index is 13.1. The van der Waals surface area contributed by atoms with Crippen LogP contribution in [0.4, 0.5) is 13.2 Å². The van der Waals surface area contributed by atoms with E-state index >= 15 is 0 Å². The minimum absolute atomic E-state index is 0.0125. The highest BCUT2D eigenvalue weighted by atomic mass is 19.2. The second-order valence-electron chi connectivity index (χ2n) is 4.21. The number of rotatable bonds is 4. The van der Waals surface area contributed by atoms with Crippen molar-refractivity contribution in [2.24, 2.45) is 0 Å². The number of benzene rings is 2. The molecule has 1 atom stereocenters. The summed E-state index contributed by atoms with van der Waals surface area (Å²) >= 11 is 0. The number of ketones is 1. The van der Waals surface area contributed by atoms with Crippen molar-refractivity contribution in [3.63, 3.8) is 0 Å². The van der Waals surface area contributed by atoms with Gasteiger partial charge in [0.05, 0.1) is 0 Å². The zero-order valence-corrected chi connectivity index (χ0v) is 10.6. The summed E-state index contributed by atoms with van der Waals surface area (Å²) in [5, 5.41) is 0. The van der Waals surface area contributed by atoms with Crippen LogP contribution in [-0.2, 0) is 0 Å². The average molecular weight is 280 g/mol. The Hall–Kier alpha value is -2.30. The number of hydrogen-bond donors (Lipinski definition) is 0. The standard InChI is InChI=1S/C15H11F3O2/c1-9(20-12-5-3-11(16)4-6-12)15(19)10-2-7-13(17)14(18)8-10/h2-9H,1H3. The molecule has 2 aromatic rings. The van der Waals surface area contributed by atoms with E-state index in [9.17, 15) is 18.0 Å². The lowest BCUT2D eigenvalue weighted by Crippen LogP contribution is -2.24. The molecule has 0 heterocycles. The fourth-order valence-electron chi connectivity index (χ4n) is 1.65. The number of hydrogen-bond acceptors (Lipinski definition) is 2. The van der Waals surface area contributed by atoms with E-state index in [1.807, 2.05) is 0 Å². The van der Waals surface area contributed by atoms with Gasteiger partial charge in [-0.05, 0) is 49.4 Å². The van der Waals surface area contributed by atoms with Crippen LogP contribution in [0.1, 0.15) is 17.3 Å². The third-order valence-electron chi connectivity index (χ3n) is 2.70. The highest BCUT2D eigenvalue weighted by Crippen LogP contribution is 2.16. The predicted molar refractivity (Wildman–Crippen MR) is 67.2 cm³/mol. The summed E-state index contributed by atoms with van der Waals surface area (Å²) < 4.78 is 43.9. The average Bonchev–Trinajstić information content (AvgIpc) is 2.43. The first-order chi connectivity index (χ1) is 9.47. The smallest absolute Gasteiger partial charge is 0.203 e. The van der Waals surface area contributed by atoms with Gasteiger partial charge in [-0.1, -0.05) is 0 Å². The number of carbonyl (C=O) groups is 1. The number of halogens is 3. The molecule has 0 aliphatic heterocycles. The molecule has 0 aliphatic carbocycles. The van der Waals surface area contributed by atoms with Gasteiger partial charge < -0.3 is 4.74 Å². The van der Waals surface area contributed by atoms with Crippen LogP contribution in [0.15, 0.2) is 42.5 Å². The molecule has 2 nitrogen and oxygen atoms in total. The van der Waals surface area contributed by atoms with Crippen molar-refractivity contribution in [1.29, 1.82) is 0 Å². The van der Waals surface area contributed by atoms with Crippen LogP contribution in [0.5, 0.6) is 5.75 Å². The van der Waals surface area contributed by atoms with Gasteiger partial charge in [0, 0.05) is 5.56 Å². The first-order valence-corrected chi connectivity index (χ1v) is 5.89. The van der Waals surface area contributed by atoms with Gasteiger partial charge in [-0.15, -0.1) is 0 Å². The molecule has 2 aromatic carbocycles. The van der Waals surface area contributed by atoms with Gasteiger partial charge in [0.15, 0.2) is 17.7 Å². The van der Waals surface area contributed by atoms with Gasteiger partial charge in [-0.25, -0.2) is 13.2 Å². The Bertz CT molecular complexity index is 624. The molecule has 0 N–H and O–H groups in total. The van der Waals surface area contributed by atoms with Crippen LogP contribution < -0.4 is 4.74 Å². The molecule has 20 heavy (non-hydrogen) atoms. The first kappa shape index (κ1) is 14.1. The second-order valence-corrected chi connectivity index (χ2v) is 4.21. The largest absolute Gasteiger partial charge is 0.483 e. The van der Waals surface area contributed by atoms with Crippen molar-refractivity contribution < 1.29 is 22.7 Å². The topological polar surface area (TPSA) is 26.3 Å². The van der Waals surface area contributed by atoms with Crippen LogP contribution in [-0.4, -0.2) is 11.9 Å². The monoisotopic (exact) mass is 280 g/mol. The summed E-state index contributed by atoms with van der Waals surface area (Å²) in [5.41, 5.74) is 0.0125. The van der Waals surface area contributed by atoms with E-state index in [-0.39, 0.29) is 5.56 Å². The summed E-state index contributed by atoms with van der Waals surface area (Å²) in [6, 6.07) is 8.05. The minimum Gasteiger partial charge on any atom is -0.483 e. The molecule has 5 heteroatoms. The van der Waals surface area contributed by atoms with E-state index < -0.39 is 29.3 Å². The van der Waals surface area contributed by atoms with E-state index in [0.29, 0.717) is 5.75 Å². The molecule has 0 aromatic heterocycles. The van der Waals surface area contributed by atoms with Crippen LogP contribution in [0.25, 0.3) is 0 Å². The van der Waals surface area contributed by atoms with E-state index in [0.717, 1.165) is 12.1 Å². The van der Waals surface area contributed by atoms with E-state index in [1.165, 1.54) is 37.3 Å². The van der Waals surface area contributed by atoms with Crippen molar-refractivity contribution in [1.82, 2.24) is 0 Å². The third kappa shape index (κ3) is 3.17. The molecular formula is C15H11F3O2. The molecule has 0 fully saturated rings. The first-order valence-electron chi connectivity index (χ1n) is 5.89. The maximum atomic E-state index is 13.1. The van der Waals surface area contributed by atoms with E-state index in [2.05, 4.69) is 0 Å². The van der Waals surface area contributed by atoms with E-state index in [4.69, 9.17) is 4.74 Å². The van der Waals surface area contributed by atoms with Crippen LogP contribution >= 0.6 is 0 Å². The van der Waals surface area contributed by atoms with E-state index in [1.54, 1.807) is 0 Å². The summed E-state index contributed by atoms with van der Waals surface area (Å²) in [6.45, 7) is 1.48. The molecule has 2 rings (SSSR count). The van der Waals surface area contributed by atoms with Gasteiger partial charge in [0.25, 0.3) is 0 Å². The van der Waals surface area contributed by atoms with Gasteiger partial charge in [-0.3, -0.25) is 4.79 Å². The predicted octanol–water partition coefficient (Wildman–Crippen LogP) is 3.75. The zero-order chi connectivity index (χ0) is 14.7. The van der Waals surface area contributed by atoms with Gasteiger partial charge in [0.2, 0.25) is 5.78 Å². The Labute approximate surface area is 113 Å². The SMILES string of the molecule is CC(Oc1ccc(F)cc1)C(=O)c1ccc(F)c(F)c1. The fourth-order valence-corrected chi connectivity index (χ4v) is 1.65. The van der Waals surface area contributed by atoms with Crippen LogP contribution in [0, 0.1) is 17.5 Å². The lowest BCUT2D eigenvalue weighted by atomic mass is 10.1. The zero-order valence-electron chi connectivity index (χ0n) is 10.6. The Morgan fingerprint density at radius 1 is 1.00 bits per heavy atom. The Morgan fingerprint density at radius 2 is 1.65 bits per heavy atom. The Morgan fingerprint density at radius 3 is 2.25 bits per heavy atom. The molecule has 0 aliphatic rings. The van der Waals surface area contributed by atoms with Crippen molar-refractivity contribution >= 4 is 5.78 Å². The molecule has 0 amide bonds. The highest BCUT2D eigenvalue weighted by Gasteiger charge is 2.18. The summed E-state index contributed by atoms with van der Waals surface area (Å²) in [5.74, 6) is -2.71. The fraction of sp³-hybridized carbons (Fsp3) is 0.133. The molecule has 0 saturated carbocycles. The van der Waals surface area contributed by atoms with Gasteiger partial charge >= 0.3 is 0 Å². The molecule has 0 radical (unpaired) electrons. The summed E-state index contributed by atoms with van der Waals surface area (Å²) in [7, 11) is 0. The summed E-state index contributed by atoms with van der Waals surface area (Å²) in [6.07, 6.45) is -0.898. The number of carbonyl (C=O) groups excluding carboxylic acids is 1. The molecule has 0 spiro atoms. The Kier molecular flexibility index (Phi) is 4.08. The highest BCUT2D eigenvalue weighted by molar-refractivity contribution is 5.99. The second kappa shape index (κ2) is 5.77. The van der Waals surface area contributed by atoms with Crippen molar-refractivity contribution in [3.8, 4) is 5.75 Å². The molecule has 1 unspecified atom stereocenters. The Balaban J connectivity index is 2.11. The van der Waals surface area contributed by atoms with Crippen molar-refractivity contribution in [2.75, 3.05) is 0 Å². The minimum atomic E-state index is -1.09. The molecule has 0 saturated heterocycles. The molecule has 0 bridgehead atoms. The normalized spacial score (nSPS) is 12.0. The maximum Gasteiger partial charge on any atom is 0.203 e. The van der Waals surface area contributed by atoms with Gasteiger partial charge in [0.1, 0.15) is 11.6 Å². The third-order valence-corrected chi connectivity index (χ3v) is 2.70. The number of ether oxygens (including phenoxy) is 1. The summed E-state index contributed by atoms with van der Waals surface area (Å²) in [4.78, 5) is 12.0. The number of Topliss-reactive ketones (excluding diaryl/α,β-unsaturated/α-hetero) is 1. The molecule has 104 valence electrons. The van der Waals surface area contributed by atoms with Crippen molar-refractivity contribution in [3.05, 3.63) is 65.5 Å². The van der Waals surface area contributed by atoms with Crippen LogP contribution in [0.3, 0.4) is 0 Å². The van der Waals surface area contributed by atoms with Gasteiger partial charge in [-0.2, -0.15) is 0 Å². The lowest BCUT2D eigenvalue weighted by Gasteiger charge is -2.13. The van der Waals surface area contributed by atoms with Crippen molar-refractivity contribution in [2.45, 2.75) is 13.0 Å². The quantitative estimate of drug-likeness (QED) is 0.797. The van der Waals surface area contributed by atoms with Crippen LogP contribution in [0.2, 0.25) is 0 Å². The molecular weight excluding hydrogens is 269 g/mol. The lowest BCUT2D eigenvalue weighted by molar-refractivity contribution is 0.0817.